The zero-order chi connectivity index (χ0) is 9.42. The van der Waals surface area contributed by atoms with Gasteiger partial charge in [-0.2, -0.15) is 0 Å². The molecule has 74 valence electrons. The zero-order valence-electron chi connectivity index (χ0n) is 7.78. The quantitative estimate of drug-likeness (QED) is 0.593. The molecule has 2 rings (SSSR count). The summed E-state index contributed by atoms with van der Waals surface area (Å²) in [4.78, 5) is 13.4. The lowest BCUT2D eigenvalue weighted by atomic mass is 9.91. The average molecular weight is 183 g/mol. The van der Waals surface area contributed by atoms with Crippen molar-refractivity contribution in [3.05, 3.63) is 0 Å². The number of carbonyl (C=O) groups excluding carboxylic acids is 1. The van der Waals surface area contributed by atoms with E-state index in [1.54, 1.807) is 0 Å². The molecule has 2 fully saturated rings. The standard InChI is InChI=1S/C9H17N3O/c10-8-5-12(6-1-2-6)4-3-7(8)9(11)13/h6-8H,1-5,10H2,(H2,11,13). The number of nitrogens with two attached hydrogens (primary N) is 2. The monoisotopic (exact) mass is 183 g/mol. The molecule has 2 aliphatic rings. The number of hydrogen-bond donors (Lipinski definition) is 2. The molecule has 1 amide bonds. The fourth-order valence-corrected chi connectivity index (χ4v) is 2.13. The van der Waals surface area contributed by atoms with E-state index in [0.29, 0.717) is 0 Å². The van der Waals surface area contributed by atoms with Crippen molar-refractivity contribution in [3.8, 4) is 0 Å². The predicted octanol–water partition coefficient (Wildman–Crippen LogP) is -0.717. The van der Waals surface area contributed by atoms with Crippen LogP contribution in [-0.2, 0) is 4.79 Å². The number of rotatable bonds is 2. The highest BCUT2D eigenvalue weighted by atomic mass is 16.1. The minimum atomic E-state index is -0.233. The Morgan fingerprint density at radius 3 is 2.46 bits per heavy atom. The van der Waals surface area contributed by atoms with E-state index >= 15 is 0 Å². The number of amides is 1. The highest BCUT2D eigenvalue weighted by Gasteiger charge is 2.36. The first-order chi connectivity index (χ1) is 6.18. The molecule has 1 aliphatic heterocycles. The first kappa shape index (κ1) is 8.97. The lowest BCUT2D eigenvalue weighted by Crippen LogP contribution is -2.52. The van der Waals surface area contributed by atoms with Crippen LogP contribution in [0.4, 0.5) is 0 Å². The number of likely N-dealkylation sites (tertiary alicyclic amines) is 1. The molecule has 13 heavy (non-hydrogen) atoms. The van der Waals surface area contributed by atoms with Crippen molar-refractivity contribution in [2.24, 2.45) is 17.4 Å². The molecule has 1 heterocycles. The minimum absolute atomic E-state index is 0.0492. The van der Waals surface area contributed by atoms with Crippen LogP contribution in [0.5, 0.6) is 0 Å². The van der Waals surface area contributed by atoms with Crippen molar-refractivity contribution < 1.29 is 4.79 Å². The van der Waals surface area contributed by atoms with E-state index in [1.807, 2.05) is 0 Å². The van der Waals surface area contributed by atoms with Gasteiger partial charge in [-0.1, -0.05) is 0 Å². The molecular weight excluding hydrogens is 166 g/mol. The van der Waals surface area contributed by atoms with Crippen LogP contribution in [0.1, 0.15) is 19.3 Å². The van der Waals surface area contributed by atoms with Gasteiger partial charge in [0.2, 0.25) is 5.91 Å². The van der Waals surface area contributed by atoms with Crippen LogP contribution in [0.25, 0.3) is 0 Å². The smallest absolute Gasteiger partial charge is 0.222 e. The molecule has 0 radical (unpaired) electrons. The predicted molar refractivity (Wildman–Crippen MR) is 49.9 cm³/mol. The fraction of sp³-hybridized carbons (Fsp3) is 0.889. The summed E-state index contributed by atoms with van der Waals surface area (Å²) in [5.41, 5.74) is 11.2. The van der Waals surface area contributed by atoms with E-state index in [9.17, 15) is 4.79 Å². The summed E-state index contributed by atoms with van der Waals surface area (Å²) in [5, 5.41) is 0. The maximum Gasteiger partial charge on any atom is 0.222 e. The normalized spacial score (nSPS) is 36.1. The SMILES string of the molecule is NC(=O)C1CCN(C2CC2)CC1N. The molecule has 2 unspecified atom stereocenters. The lowest BCUT2D eigenvalue weighted by Gasteiger charge is -2.35. The molecule has 0 aromatic carbocycles. The topological polar surface area (TPSA) is 72.4 Å². The molecular formula is C9H17N3O. The van der Waals surface area contributed by atoms with Crippen molar-refractivity contribution in [1.29, 1.82) is 0 Å². The molecule has 0 spiro atoms. The van der Waals surface area contributed by atoms with E-state index in [2.05, 4.69) is 4.90 Å². The maximum atomic E-state index is 11.0. The van der Waals surface area contributed by atoms with Crippen molar-refractivity contribution >= 4 is 5.91 Å². The van der Waals surface area contributed by atoms with Gasteiger partial charge < -0.3 is 11.5 Å². The first-order valence-corrected chi connectivity index (χ1v) is 4.97. The molecule has 1 saturated heterocycles. The Hall–Kier alpha value is -0.610. The van der Waals surface area contributed by atoms with Gasteiger partial charge in [0.1, 0.15) is 0 Å². The fourth-order valence-electron chi connectivity index (χ4n) is 2.13. The highest BCUT2D eigenvalue weighted by Crippen LogP contribution is 2.30. The van der Waals surface area contributed by atoms with Gasteiger partial charge in [0, 0.05) is 18.6 Å². The lowest BCUT2D eigenvalue weighted by molar-refractivity contribution is -0.123. The van der Waals surface area contributed by atoms with Crippen molar-refractivity contribution in [1.82, 2.24) is 4.90 Å². The third kappa shape index (κ3) is 1.84. The van der Waals surface area contributed by atoms with Crippen LogP contribution < -0.4 is 11.5 Å². The van der Waals surface area contributed by atoms with Gasteiger partial charge in [0.15, 0.2) is 0 Å². The Morgan fingerprint density at radius 1 is 1.31 bits per heavy atom. The molecule has 1 aliphatic carbocycles. The first-order valence-electron chi connectivity index (χ1n) is 4.97. The number of carbonyl (C=O) groups is 1. The van der Waals surface area contributed by atoms with Gasteiger partial charge in [0.05, 0.1) is 5.92 Å². The molecule has 2 atom stereocenters. The third-order valence-electron chi connectivity index (χ3n) is 3.12. The maximum absolute atomic E-state index is 11.0. The summed E-state index contributed by atoms with van der Waals surface area (Å²) in [5.74, 6) is -0.335. The Morgan fingerprint density at radius 2 is 2.00 bits per heavy atom. The van der Waals surface area contributed by atoms with Gasteiger partial charge in [-0.15, -0.1) is 0 Å². The largest absolute Gasteiger partial charge is 0.369 e. The Bertz CT molecular complexity index is 215. The van der Waals surface area contributed by atoms with E-state index in [4.69, 9.17) is 11.5 Å². The summed E-state index contributed by atoms with van der Waals surface area (Å²) in [7, 11) is 0. The molecule has 4 heteroatoms. The van der Waals surface area contributed by atoms with Crippen molar-refractivity contribution in [2.45, 2.75) is 31.3 Å². The Labute approximate surface area is 78.2 Å². The summed E-state index contributed by atoms with van der Waals surface area (Å²) < 4.78 is 0. The van der Waals surface area contributed by atoms with Crippen LogP contribution in [0.3, 0.4) is 0 Å². The van der Waals surface area contributed by atoms with Gasteiger partial charge in [-0.25, -0.2) is 0 Å². The van der Waals surface area contributed by atoms with E-state index in [0.717, 1.165) is 25.6 Å². The van der Waals surface area contributed by atoms with Crippen LogP contribution in [0, 0.1) is 5.92 Å². The van der Waals surface area contributed by atoms with E-state index < -0.39 is 0 Å². The number of nitrogens with zero attached hydrogens (tertiary/aromatic N) is 1. The molecule has 4 nitrogen and oxygen atoms in total. The van der Waals surface area contributed by atoms with E-state index in [-0.39, 0.29) is 17.9 Å². The highest BCUT2D eigenvalue weighted by molar-refractivity contribution is 5.77. The number of hydrogen-bond acceptors (Lipinski definition) is 3. The van der Waals surface area contributed by atoms with Crippen LogP contribution in [0.2, 0.25) is 0 Å². The summed E-state index contributed by atoms with van der Waals surface area (Å²) in [6, 6.07) is 0.701. The summed E-state index contributed by atoms with van der Waals surface area (Å²) in [6.45, 7) is 1.84. The third-order valence-corrected chi connectivity index (χ3v) is 3.12. The second-order valence-electron chi connectivity index (χ2n) is 4.19. The second-order valence-corrected chi connectivity index (χ2v) is 4.19. The Kier molecular flexibility index (Phi) is 2.26. The molecule has 1 saturated carbocycles. The number of primary amides is 1. The van der Waals surface area contributed by atoms with Gasteiger partial charge in [-0.3, -0.25) is 9.69 Å². The van der Waals surface area contributed by atoms with Crippen LogP contribution in [-0.4, -0.2) is 36.0 Å². The molecule has 0 aromatic rings. The average Bonchev–Trinajstić information content (AvgIpc) is 2.85. The molecule has 4 N–H and O–H groups in total. The summed E-state index contributed by atoms with van der Waals surface area (Å²) in [6.07, 6.45) is 3.44. The van der Waals surface area contributed by atoms with Crippen molar-refractivity contribution in [2.75, 3.05) is 13.1 Å². The molecule has 0 aromatic heterocycles. The van der Waals surface area contributed by atoms with Crippen molar-refractivity contribution in [3.63, 3.8) is 0 Å². The van der Waals surface area contributed by atoms with Gasteiger partial charge >= 0.3 is 0 Å². The number of piperidine rings is 1. The molecule has 0 bridgehead atoms. The van der Waals surface area contributed by atoms with Gasteiger partial charge in [0.25, 0.3) is 0 Å². The zero-order valence-corrected chi connectivity index (χ0v) is 7.78. The van der Waals surface area contributed by atoms with Crippen LogP contribution in [0.15, 0.2) is 0 Å². The van der Waals surface area contributed by atoms with E-state index in [1.165, 1.54) is 12.8 Å². The van der Waals surface area contributed by atoms with Crippen LogP contribution >= 0.6 is 0 Å². The second kappa shape index (κ2) is 3.27. The summed E-state index contributed by atoms with van der Waals surface area (Å²) >= 11 is 0. The minimum Gasteiger partial charge on any atom is -0.369 e. The Balaban J connectivity index is 1.90. The van der Waals surface area contributed by atoms with Gasteiger partial charge in [-0.05, 0) is 25.8 Å².